The van der Waals surface area contributed by atoms with Gasteiger partial charge < -0.3 is 16.4 Å². The van der Waals surface area contributed by atoms with E-state index in [4.69, 9.17) is 5.73 Å². The molecule has 1 saturated heterocycles. The van der Waals surface area contributed by atoms with Gasteiger partial charge in [0.2, 0.25) is 0 Å². The Balaban J connectivity index is 2.28. The summed E-state index contributed by atoms with van der Waals surface area (Å²) in [4.78, 5) is 25.7. The Hall–Kier alpha value is -1.79. The van der Waals surface area contributed by atoms with Gasteiger partial charge in [0.25, 0.3) is 5.91 Å². The summed E-state index contributed by atoms with van der Waals surface area (Å²) < 4.78 is 0. The molecular weight excluding hydrogens is 162 g/mol. The molecule has 12 heavy (non-hydrogen) atoms. The van der Waals surface area contributed by atoms with E-state index in [2.05, 4.69) is 20.9 Å². The lowest BCUT2D eigenvalue weighted by atomic mass is 10.2. The summed E-state index contributed by atoms with van der Waals surface area (Å²) >= 11 is 0. The number of hydrogen-bond donors (Lipinski definition) is 4. The topological polar surface area (TPSA) is 109 Å². The molecule has 0 aromatic carbocycles. The van der Waals surface area contributed by atoms with Crippen molar-refractivity contribution in [2.75, 3.05) is 0 Å². The number of urea groups is 1. The van der Waals surface area contributed by atoms with E-state index >= 15 is 0 Å². The number of aliphatic imine (C=N–C) groups is 1. The summed E-state index contributed by atoms with van der Waals surface area (Å²) in [5.41, 5.74) is 5.27. The highest BCUT2D eigenvalue weighted by atomic mass is 16.2. The lowest BCUT2D eigenvalue weighted by Crippen LogP contribution is -2.55. The van der Waals surface area contributed by atoms with Gasteiger partial charge in [0, 0.05) is 0 Å². The third-order valence-corrected chi connectivity index (χ3v) is 1.69. The second kappa shape index (κ2) is 2.10. The Kier molecular flexibility index (Phi) is 1.20. The first-order chi connectivity index (χ1) is 5.66. The van der Waals surface area contributed by atoms with E-state index < -0.39 is 18.2 Å². The number of guanidine groups is 1. The number of nitrogens with zero attached hydrogens (tertiary/aromatic N) is 1. The van der Waals surface area contributed by atoms with E-state index in [1.165, 1.54) is 0 Å². The fraction of sp³-hybridized carbons (Fsp3) is 0.400. The summed E-state index contributed by atoms with van der Waals surface area (Å²) in [7, 11) is 0. The maximum absolute atomic E-state index is 11.1. The normalized spacial score (nSPS) is 32.8. The van der Waals surface area contributed by atoms with Crippen molar-refractivity contribution in [3.05, 3.63) is 0 Å². The van der Waals surface area contributed by atoms with Gasteiger partial charge in [-0.1, -0.05) is 0 Å². The van der Waals surface area contributed by atoms with Gasteiger partial charge in [0.05, 0.1) is 0 Å². The highest BCUT2D eigenvalue weighted by Gasteiger charge is 2.39. The van der Waals surface area contributed by atoms with Gasteiger partial charge in [-0.2, -0.15) is 0 Å². The first-order valence-corrected chi connectivity index (χ1v) is 3.38. The molecule has 2 unspecified atom stereocenters. The third kappa shape index (κ3) is 0.865. The van der Waals surface area contributed by atoms with Gasteiger partial charge in [0.1, 0.15) is 0 Å². The van der Waals surface area contributed by atoms with Crippen molar-refractivity contribution < 1.29 is 9.59 Å². The number of nitrogens with one attached hydrogen (secondary N) is 3. The molecule has 0 bridgehead atoms. The fourth-order valence-electron chi connectivity index (χ4n) is 1.18. The molecule has 5 N–H and O–H groups in total. The zero-order valence-electron chi connectivity index (χ0n) is 6.00. The summed E-state index contributed by atoms with van der Waals surface area (Å²) in [5.74, 6) is -0.309. The van der Waals surface area contributed by atoms with Crippen molar-refractivity contribution in [1.82, 2.24) is 16.0 Å². The van der Waals surface area contributed by atoms with Gasteiger partial charge >= 0.3 is 6.03 Å². The largest absolute Gasteiger partial charge is 0.370 e. The summed E-state index contributed by atoms with van der Waals surface area (Å²) in [6.45, 7) is 0. The van der Waals surface area contributed by atoms with Crippen molar-refractivity contribution in [2.45, 2.75) is 12.2 Å². The van der Waals surface area contributed by atoms with Crippen molar-refractivity contribution in [3.63, 3.8) is 0 Å². The minimum atomic E-state index is -0.634. The lowest BCUT2D eigenvalue weighted by molar-refractivity contribution is -0.122. The highest BCUT2D eigenvalue weighted by Crippen LogP contribution is 2.06. The van der Waals surface area contributed by atoms with Crippen LogP contribution in [0.25, 0.3) is 0 Å². The smallest absolute Gasteiger partial charge is 0.317 e. The summed E-state index contributed by atoms with van der Waals surface area (Å²) in [6, 6.07) is -1.04. The molecule has 0 aromatic rings. The standard InChI is InChI=1S/C5H7N5O2/c6-4-8-2-1(3(11)10-4)7-5(12)9-2/h1-2H,(H2,7,9,12)(H3,6,8,10,11). The quantitative estimate of drug-likeness (QED) is 0.320. The van der Waals surface area contributed by atoms with E-state index in [9.17, 15) is 9.59 Å². The Morgan fingerprint density at radius 3 is 2.83 bits per heavy atom. The van der Waals surface area contributed by atoms with Crippen LogP contribution in [0.1, 0.15) is 0 Å². The summed E-state index contributed by atoms with van der Waals surface area (Å²) in [5, 5.41) is 7.14. The van der Waals surface area contributed by atoms with Crippen molar-refractivity contribution >= 4 is 17.9 Å². The molecular formula is C5H7N5O2. The lowest BCUT2D eigenvalue weighted by Gasteiger charge is -2.19. The number of nitrogens with two attached hydrogens (primary N) is 1. The molecule has 0 aromatic heterocycles. The molecule has 3 amide bonds. The minimum absolute atomic E-state index is 0.0326. The van der Waals surface area contributed by atoms with E-state index in [1.54, 1.807) is 0 Å². The van der Waals surface area contributed by atoms with Crippen LogP contribution in [0.15, 0.2) is 4.99 Å². The monoisotopic (exact) mass is 169 g/mol. The highest BCUT2D eigenvalue weighted by molar-refractivity contribution is 6.04. The van der Waals surface area contributed by atoms with Crippen LogP contribution in [-0.2, 0) is 4.79 Å². The van der Waals surface area contributed by atoms with Gasteiger partial charge in [-0.05, 0) is 0 Å². The Labute approximate surface area is 67.4 Å². The first kappa shape index (κ1) is 6.89. The van der Waals surface area contributed by atoms with Crippen LogP contribution in [0, 0.1) is 0 Å². The Bertz CT molecular complexity index is 286. The van der Waals surface area contributed by atoms with E-state index in [0.717, 1.165) is 0 Å². The zero-order valence-corrected chi connectivity index (χ0v) is 6.00. The van der Waals surface area contributed by atoms with E-state index in [1.807, 2.05) is 0 Å². The number of amides is 3. The number of rotatable bonds is 0. The van der Waals surface area contributed by atoms with Gasteiger partial charge in [0.15, 0.2) is 18.2 Å². The van der Waals surface area contributed by atoms with Gasteiger partial charge in [-0.15, -0.1) is 0 Å². The predicted molar refractivity (Wildman–Crippen MR) is 39.0 cm³/mol. The van der Waals surface area contributed by atoms with Crippen LogP contribution < -0.4 is 21.7 Å². The number of carbonyl (C=O) groups excluding carboxylic acids is 2. The average Bonchev–Trinajstić information content (AvgIpc) is 2.29. The fourth-order valence-corrected chi connectivity index (χ4v) is 1.18. The molecule has 0 saturated carbocycles. The molecule has 2 rings (SSSR count). The second-order valence-corrected chi connectivity index (χ2v) is 2.54. The average molecular weight is 169 g/mol. The minimum Gasteiger partial charge on any atom is -0.370 e. The molecule has 64 valence electrons. The van der Waals surface area contributed by atoms with Crippen LogP contribution in [0.4, 0.5) is 4.79 Å². The van der Waals surface area contributed by atoms with Gasteiger partial charge in [-0.3, -0.25) is 10.1 Å². The maximum atomic E-state index is 11.1. The molecule has 0 radical (unpaired) electrons. The molecule has 7 nitrogen and oxygen atoms in total. The maximum Gasteiger partial charge on any atom is 0.317 e. The zero-order chi connectivity index (χ0) is 8.72. The molecule has 0 spiro atoms. The van der Waals surface area contributed by atoms with E-state index in [0.29, 0.717) is 0 Å². The Morgan fingerprint density at radius 2 is 2.08 bits per heavy atom. The molecule has 1 fully saturated rings. The molecule has 2 atom stereocenters. The van der Waals surface area contributed by atoms with Crippen LogP contribution >= 0.6 is 0 Å². The predicted octanol–water partition coefficient (Wildman–Crippen LogP) is -2.56. The number of hydrogen-bond acceptors (Lipinski definition) is 4. The van der Waals surface area contributed by atoms with Crippen molar-refractivity contribution in [3.8, 4) is 0 Å². The van der Waals surface area contributed by atoms with Crippen LogP contribution in [0.3, 0.4) is 0 Å². The number of fused-ring (bicyclic) bond motifs is 1. The SMILES string of the molecule is NC1=NC2NC(=O)NC2C(=O)N1. The van der Waals surface area contributed by atoms with Gasteiger partial charge in [-0.25, -0.2) is 9.79 Å². The molecule has 0 aliphatic carbocycles. The first-order valence-electron chi connectivity index (χ1n) is 3.38. The van der Waals surface area contributed by atoms with E-state index in [-0.39, 0.29) is 11.9 Å². The van der Waals surface area contributed by atoms with Crippen LogP contribution in [-0.4, -0.2) is 30.1 Å². The van der Waals surface area contributed by atoms with Crippen molar-refractivity contribution in [1.29, 1.82) is 0 Å². The number of carbonyl (C=O) groups is 2. The second-order valence-electron chi connectivity index (χ2n) is 2.54. The molecule has 2 aliphatic heterocycles. The van der Waals surface area contributed by atoms with Crippen LogP contribution in [0.5, 0.6) is 0 Å². The molecule has 7 heteroatoms. The summed E-state index contributed by atoms with van der Waals surface area (Å²) in [6.07, 6.45) is -0.564. The Morgan fingerprint density at radius 1 is 1.33 bits per heavy atom. The van der Waals surface area contributed by atoms with Crippen LogP contribution in [0.2, 0.25) is 0 Å². The molecule has 2 heterocycles. The molecule has 2 aliphatic rings. The third-order valence-electron chi connectivity index (χ3n) is 1.69. The van der Waals surface area contributed by atoms with Crippen molar-refractivity contribution in [2.24, 2.45) is 10.7 Å².